The van der Waals surface area contributed by atoms with E-state index in [0.29, 0.717) is 19.3 Å². The minimum Gasteiger partial charge on any atom is -0.462 e. The van der Waals surface area contributed by atoms with E-state index in [1.807, 2.05) is 0 Å². The van der Waals surface area contributed by atoms with E-state index >= 15 is 0 Å². The number of carbonyl (C=O) groups excluding carboxylic acids is 3. The van der Waals surface area contributed by atoms with Gasteiger partial charge in [-0.15, -0.1) is 0 Å². The maximum absolute atomic E-state index is 12.8. The Morgan fingerprint density at radius 2 is 0.548 bits per heavy atom. The van der Waals surface area contributed by atoms with Crippen LogP contribution in [-0.4, -0.2) is 37.2 Å². The summed E-state index contributed by atoms with van der Waals surface area (Å²) in [5, 5.41) is 0. The molecule has 0 bridgehead atoms. The van der Waals surface area contributed by atoms with Crippen molar-refractivity contribution in [1.29, 1.82) is 0 Å². The minimum atomic E-state index is -0.786. The molecular weight excluding hydrogens is 901 g/mol. The van der Waals surface area contributed by atoms with Gasteiger partial charge in [-0.3, -0.25) is 14.4 Å². The highest BCUT2D eigenvalue weighted by atomic mass is 16.6. The predicted molar refractivity (Wildman–Crippen MR) is 316 cm³/mol. The van der Waals surface area contributed by atoms with Gasteiger partial charge in [-0.2, -0.15) is 0 Å². The summed E-state index contributed by atoms with van der Waals surface area (Å²) in [6.45, 7) is 6.47. The molecule has 0 aliphatic heterocycles. The van der Waals surface area contributed by atoms with Gasteiger partial charge in [0.05, 0.1) is 0 Å². The van der Waals surface area contributed by atoms with E-state index in [9.17, 15) is 14.4 Å². The fraction of sp³-hybridized carbons (Fsp3) is 0.687. The first-order chi connectivity index (χ1) is 36.0. The fourth-order valence-corrected chi connectivity index (χ4v) is 8.20. The van der Waals surface area contributed by atoms with Crippen LogP contribution in [-0.2, 0) is 28.6 Å². The lowest BCUT2D eigenvalue weighted by atomic mass is 10.0. The standard InChI is InChI=1S/C67H112O6/c1-4-7-10-13-16-19-22-24-25-26-27-28-29-30-31-32-33-34-35-36-37-38-39-40-41-43-45-48-51-54-57-60-66(69)72-63-64(62-71-65(68)59-56-53-50-47-44-21-18-15-12-9-6-3)73-67(70)61-58-55-52-49-46-42-23-20-17-14-11-8-5-2/h7,10,15-16,18-19,24-25,27-28,30-31,33-34,36-37,39-40,64H,4-6,8-9,11-14,17,20-23,26,29,32,35,38,41-63H2,1-3H3/b10-7-,18-15-,19-16-,25-24-,28-27-,31-30-,34-33-,37-36-,40-39-. The summed E-state index contributed by atoms with van der Waals surface area (Å²) in [4.78, 5) is 38.1. The highest BCUT2D eigenvalue weighted by molar-refractivity contribution is 5.71. The van der Waals surface area contributed by atoms with Gasteiger partial charge in [-0.05, 0) is 103 Å². The van der Waals surface area contributed by atoms with E-state index in [0.717, 1.165) is 128 Å². The number of esters is 3. The predicted octanol–water partition coefficient (Wildman–Crippen LogP) is 20.7. The molecule has 73 heavy (non-hydrogen) atoms. The zero-order valence-electron chi connectivity index (χ0n) is 47.6. The summed E-state index contributed by atoms with van der Waals surface area (Å²) in [6.07, 6.45) is 82.3. The Bertz CT molecular complexity index is 1490. The minimum absolute atomic E-state index is 0.0855. The van der Waals surface area contributed by atoms with Crippen molar-refractivity contribution in [2.45, 2.75) is 284 Å². The monoisotopic (exact) mass is 1010 g/mol. The van der Waals surface area contributed by atoms with E-state index in [1.54, 1.807) is 0 Å². The third kappa shape index (κ3) is 58.8. The first-order valence-corrected chi connectivity index (χ1v) is 30.4. The molecule has 0 spiro atoms. The average molecular weight is 1010 g/mol. The summed E-state index contributed by atoms with van der Waals surface area (Å²) >= 11 is 0. The van der Waals surface area contributed by atoms with Gasteiger partial charge >= 0.3 is 17.9 Å². The van der Waals surface area contributed by atoms with Gasteiger partial charge in [0.2, 0.25) is 0 Å². The summed E-state index contributed by atoms with van der Waals surface area (Å²) in [7, 11) is 0. The number of unbranched alkanes of at least 4 members (excludes halogenated alkanes) is 25. The third-order valence-electron chi connectivity index (χ3n) is 12.8. The van der Waals surface area contributed by atoms with Crippen LogP contribution in [0.4, 0.5) is 0 Å². The fourth-order valence-electron chi connectivity index (χ4n) is 8.20. The molecule has 0 aliphatic rings. The Labute approximate surface area is 450 Å². The van der Waals surface area contributed by atoms with Gasteiger partial charge in [0, 0.05) is 19.3 Å². The summed E-state index contributed by atoms with van der Waals surface area (Å²) in [5.41, 5.74) is 0. The lowest BCUT2D eigenvalue weighted by Crippen LogP contribution is -2.30. The van der Waals surface area contributed by atoms with Crippen LogP contribution in [0, 0.1) is 0 Å². The smallest absolute Gasteiger partial charge is 0.306 e. The zero-order chi connectivity index (χ0) is 52.9. The molecule has 0 aliphatic carbocycles. The van der Waals surface area contributed by atoms with Crippen LogP contribution in [0.15, 0.2) is 109 Å². The summed E-state index contributed by atoms with van der Waals surface area (Å²) < 4.78 is 16.8. The molecule has 0 radical (unpaired) electrons. The summed E-state index contributed by atoms with van der Waals surface area (Å²) in [5.74, 6) is -0.906. The third-order valence-corrected chi connectivity index (χ3v) is 12.8. The Morgan fingerprint density at radius 3 is 0.890 bits per heavy atom. The number of allylic oxidation sites excluding steroid dienone is 18. The van der Waals surface area contributed by atoms with Crippen LogP contribution < -0.4 is 0 Å². The van der Waals surface area contributed by atoms with Gasteiger partial charge in [0.25, 0.3) is 0 Å². The normalized spacial score (nSPS) is 12.9. The maximum Gasteiger partial charge on any atom is 0.306 e. The van der Waals surface area contributed by atoms with E-state index < -0.39 is 6.10 Å². The van der Waals surface area contributed by atoms with Gasteiger partial charge in [0.15, 0.2) is 6.10 Å². The van der Waals surface area contributed by atoms with Crippen LogP contribution in [0.5, 0.6) is 0 Å². The molecular formula is C67H112O6. The van der Waals surface area contributed by atoms with E-state index in [2.05, 4.69) is 130 Å². The number of ether oxygens (including phenoxy) is 3. The Morgan fingerprint density at radius 1 is 0.288 bits per heavy atom. The Hall–Kier alpha value is -3.93. The van der Waals surface area contributed by atoms with Crippen LogP contribution >= 0.6 is 0 Å². The van der Waals surface area contributed by atoms with Crippen LogP contribution in [0.2, 0.25) is 0 Å². The first-order valence-electron chi connectivity index (χ1n) is 30.4. The molecule has 1 unspecified atom stereocenters. The van der Waals surface area contributed by atoms with Gasteiger partial charge in [0.1, 0.15) is 13.2 Å². The SMILES string of the molecule is CC/C=C\C/C=C\C/C=C\C/C=C\C/C=C\C/C=C\C/C=C\C/C=C\CCCCCCCCC(=O)OCC(COC(=O)CCCCCCC/C=C\CCCC)OC(=O)CCCCCCCCCCCCCCC. The van der Waals surface area contributed by atoms with Gasteiger partial charge in [-0.25, -0.2) is 0 Å². The Kier molecular flexibility index (Phi) is 57.4. The molecule has 0 heterocycles. The maximum atomic E-state index is 12.8. The van der Waals surface area contributed by atoms with Crippen molar-refractivity contribution in [2.75, 3.05) is 13.2 Å². The number of hydrogen-bond acceptors (Lipinski definition) is 6. The van der Waals surface area contributed by atoms with Crippen LogP contribution in [0.3, 0.4) is 0 Å². The topological polar surface area (TPSA) is 78.9 Å². The molecule has 0 aromatic heterocycles. The molecule has 0 N–H and O–H groups in total. The number of carbonyl (C=O) groups is 3. The molecule has 0 amide bonds. The molecule has 6 heteroatoms. The number of rotatable bonds is 54. The second-order valence-electron chi connectivity index (χ2n) is 19.9. The van der Waals surface area contributed by atoms with Crippen LogP contribution in [0.25, 0.3) is 0 Å². The molecule has 416 valence electrons. The van der Waals surface area contributed by atoms with Crippen molar-refractivity contribution < 1.29 is 28.6 Å². The largest absolute Gasteiger partial charge is 0.462 e. The second kappa shape index (κ2) is 60.6. The van der Waals surface area contributed by atoms with Crippen LogP contribution in [0.1, 0.15) is 278 Å². The van der Waals surface area contributed by atoms with Crippen molar-refractivity contribution in [1.82, 2.24) is 0 Å². The van der Waals surface area contributed by atoms with Crippen molar-refractivity contribution in [3.05, 3.63) is 109 Å². The molecule has 6 nitrogen and oxygen atoms in total. The molecule has 0 aromatic carbocycles. The van der Waals surface area contributed by atoms with E-state index in [1.165, 1.54) is 109 Å². The quantitative estimate of drug-likeness (QED) is 0.0261. The van der Waals surface area contributed by atoms with E-state index in [-0.39, 0.29) is 31.1 Å². The zero-order valence-corrected chi connectivity index (χ0v) is 47.6. The van der Waals surface area contributed by atoms with Crippen molar-refractivity contribution in [3.8, 4) is 0 Å². The van der Waals surface area contributed by atoms with Crippen molar-refractivity contribution >= 4 is 17.9 Å². The van der Waals surface area contributed by atoms with Gasteiger partial charge in [-0.1, -0.05) is 265 Å². The molecule has 0 saturated heterocycles. The molecule has 0 rings (SSSR count). The van der Waals surface area contributed by atoms with Crippen molar-refractivity contribution in [3.63, 3.8) is 0 Å². The molecule has 0 saturated carbocycles. The number of hydrogen-bond donors (Lipinski definition) is 0. The second-order valence-corrected chi connectivity index (χ2v) is 19.9. The average Bonchev–Trinajstić information content (AvgIpc) is 3.39. The molecule has 0 fully saturated rings. The van der Waals surface area contributed by atoms with Crippen molar-refractivity contribution in [2.24, 2.45) is 0 Å². The van der Waals surface area contributed by atoms with Gasteiger partial charge < -0.3 is 14.2 Å². The molecule has 0 aromatic rings. The first kappa shape index (κ1) is 69.1. The summed E-state index contributed by atoms with van der Waals surface area (Å²) in [6, 6.07) is 0. The Balaban J connectivity index is 4.26. The lowest BCUT2D eigenvalue weighted by molar-refractivity contribution is -0.167. The highest BCUT2D eigenvalue weighted by Gasteiger charge is 2.19. The van der Waals surface area contributed by atoms with E-state index in [4.69, 9.17) is 14.2 Å². The highest BCUT2D eigenvalue weighted by Crippen LogP contribution is 2.15. The lowest BCUT2D eigenvalue weighted by Gasteiger charge is -2.18. The molecule has 1 atom stereocenters.